The molecule has 0 spiro atoms. The van der Waals surface area contributed by atoms with E-state index in [0.717, 1.165) is 0 Å². The van der Waals surface area contributed by atoms with E-state index in [1.807, 2.05) is 0 Å². The van der Waals surface area contributed by atoms with Crippen LogP contribution < -0.4 is 11.1 Å². The summed E-state index contributed by atoms with van der Waals surface area (Å²) < 4.78 is 24.3. The average molecular weight is 382 g/mol. The van der Waals surface area contributed by atoms with Gasteiger partial charge < -0.3 is 11.1 Å². The number of primary amides is 1. The zero-order valence-corrected chi connectivity index (χ0v) is 13.7. The van der Waals surface area contributed by atoms with Gasteiger partial charge >= 0.3 is 0 Å². The fourth-order valence-electron chi connectivity index (χ4n) is 2.32. The average Bonchev–Trinajstić information content (AvgIpc) is 2.32. The minimum Gasteiger partial charge on any atom is -0.370 e. The summed E-state index contributed by atoms with van der Waals surface area (Å²) in [6.07, 6.45) is 0.800. The minimum absolute atomic E-state index is 0.0913. The normalized spacial score (nSPS) is 25.1. The Labute approximate surface area is 130 Å². The lowest BCUT2D eigenvalue weighted by molar-refractivity contribution is -0.122. The van der Waals surface area contributed by atoms with E-state index in [1.165, 1.54) is 0 Å². The fraction of sp³-hybridized carbons (Fsp3) is 0.417. The number of nitrogens with one attached hydrogen (secondary N) is 1. The van der Waals surface area contributed by atoms with Gasteiger partial charge in [-0.2, -0.15) is 0 Å². The summed E-state index contributed by atoms with van der Waals surface area (Å²) in [5.41, 5.74) is 4.77. The molecule has 3 N–H and O–H groups in total. The van der Waals surface area contributed by atoms with Crippen molar-refractivity contribution in [3.63, 3.8) is 0 Å². The molecule has 110 valence electrons. The highest BCUT2D eigenvalue weighted by molar-refractivity contribution is 9.10. The Morgan fingerprint density at radius 1 is 1.45 bits per heavy atom. The van der Waals surface area contributed by atoms with Crippen molar-refractivity contribution in [3.8, 4) is 0 Å². The van der Waals surface area contributed by atoms with Crippen molar-refractivity contribution in [2.24, 2.45) is 5.73 Å². The summed E-state index contributed by atoms with van der Waals surface area (Å²) in [5, 5.41) is 3.50. The van der Waals surface area contributed by atoms with Gasteiger partial charge in [0.25, 0.3) is 0 Å². The van der Waals surface area contributed by atoms with Crippen LogP contribution >= 0.6 is 27.5 Å². The van der Waals surface area contributed by atoms with Gasteiger partial charge in [0.15, 0.2) is 9.84 Å². The monoisotopic (exact) mass is 380 g/mol. The number of sulfone groups is 1. The molecule has 1 unspecified atom stereocenters. The third-order valence-corrected chi connectivity index (χ3v) is 6.36. The first-order chi connectivity index (χ1) is 9.24. The third kappa shape index (κ3) is 3.27. The zero-order valence-electron chi connectivity index (χ0n) is 10.5. The maximum Gasteiger partial charge on any atom is 0.244 e. The van der Waals surface area contributed by atoms with Gasteiger partial charge in [-0.25, -0.2) is 8.42 Å². The van der Waals surface area contributed by atoms with Crippen LogP contribution in [0.25, 0.3) is 0 Å². The molecule has 0 aromatic heterocycles. The predicted molar refractivity (Wildman–Crippen MR) is 82.6 cm³/mol. The van der Waals surface area contributed by atoms with Crippen LogP contribution in [0.2, 0.25) is 5.02 Å². The maximum atomic E-state index is 11.8. The van der Waals surface area contributed by atoms with Crippen LogP contribution in [-0.4, -0.2) is 31.4 Å². The maximum absolute atomic E-state index is 11.8. The van der Waals surface area contributed by atoms with Crippen LogP contribution in [0.3, 0.4) is 0 Å². The lowest BCUT2D eigenvalue weighted by atomic mass is 9.94. The largest absolute Gasteiger partial charge is 0.370 e. The van der Waals surface area contributed by atoms with Crippen LogP contribution in [0.1, 0.15) is 12.8 Å². The molecular formula is C12H14BrClN2O3S. The van der Waals surface area contributed by atoms with E-state index < -0.39 is 21.3 Å². The predicted octanol–water partition coefficient (Wildman–Crippen LogP) is 1.95. The Kier molecular flexibility index (Phi) is 4.32. The summed E-state index contributed by atoms with van der Waals surface area (Å²) >= 11 is 9.19. The van der Waals surface area contributed by atoms with Gasteiger partial charge in [0.1, 0.15) is 5.54 Å². The topological polar surface area (TPSA) is 89.3 Å². The third-order valence-electron chi connectivity index (χ3n) is 3.30. The molecular weight excluding hydrogens is 368 g/mol. The van der Waals surface area contributed by atoms with Crippen LogP contribution in [0.5, 0.6) is 0 Å². The Morgan fingerprint density at radius 3 is 2.70 bits per heavy atom. The Morgan fingerprint density at radius 2 is 2.15 bits per heavy atom. The van der Waals surface area contributed by atoms with E-state index in [4.69, 9.17) is 17.3 Å². The molecule has 1 aromatic carbocycles. The van der Waals surface area contributed by atoms with Gasteiger partial charge in [0, 0.05) is 10.2 Å². The van der Waals surface area contributed by atoms with Gasteiger partial charge in [-0.3, -0.25) is 4.79 Å². The lowest BCUT2D eigenvalue weighted by Crippen LogP contribution is -2.57. The first-order valence-electron chi connectivity index (χ1n) is 5.98. The molecule has 1 fully saturated rings. The molecule has 2 rings (SSSR count). The van der Waals surface area contributed by atoms with Gasteiger partial charge in [-0.1, -0.05) is 11.6 Å². The van der Waals surface area contributed by atoms with Gasteiger partial charge in [0.05, 0.1) is 16.5 Å². The van der Waals surface area contributed by atoms with E-state index in [0.29, 0.717) is 28.0 Å². The quantitative estimate of drug-likeness (QED) is 0.837. The molecule has 1 aliphatic rings. The SMILES string of the molecule is NC(=O)C1(Nc2ccc(Cl)c(Br)c2)CCCS(=O)(=O)C1. The number of halogens is 2. The molecule has 1 heterocycles. The van der Waals surface area contributed by atoms with Crippen molar-refractivity contribution in [3.05, 3.63) is 27.7 Å². The standard InChI is InChI=1S/C12H14BrClN2O3S/c13-9-6-8(2-3-10(9)14)16-12(11(15)17)4-1-5-20(18,19)7-12/h2-3,6,16H,1,4-5,7H2,(H2,15,17). The van der Waals surface area contributed by atoms with E-state index in [-0.39, 0.29) is 11.5 Å². The molecule has 1 saturated heterocycles. The number of amides is 1. The van der Waals surface area contributed by atoms with Crippen molar-refractivity contribution in [2.45, 2.75) is 18.4 Å². The molecule has 20 heavy (non-hydrogen) atoms. The number of carbonyl (C=O) groups excluding carboxylic acids is 1. The molecule has 5 nitrogen and oxygen atoms in total. The van der Waals surface area contributed by atoms with Crippen molar-refractivity contribution < 1.29 is 13.2 Å². The van der Waals surface area contributed by atoms with Crippen LogP contribution in [0.4, 0.5) is 5.69 Å². The number of rotatable bonds is 3. The summed E-state index contributed by atoms with van der Waals surface area (Å²) in [5.74, 6) is -0.851. The highest BCUT2D eigenvalue weighted by atomic mass is 79.9. The number of hydrogen-bond donors (Lipinski definition) is 2. The molecule has 0 bridgehead atoms. The second kappa shape index (κ2) is 5.54. The Hall–Kier alpha value is -0.790. The van der Waals surface area contributed by atoms with Gasteiger partial charge in [0.2, 0.25) is 5.91 Å². The number of carbonyl (C=O) groups is 1. The van der Waals surface area contributed by atoms with Crippen LogP contribution in [0.15, 0.2) is 22.7 Å². The first kappa shape index (κ1) is 15.6. The second-order valence-electron chi connectivity index (χ2n) is 4.90. The van der Waals surface area contributed by atoms with Gasteiger partial charge in [-0.15, -0.1) is 0 Å². The molecule has 1 aromatic rings. The van der Waals surface area contributed by atoms with E-state index in [2.05, 4.69) is 21.2 Å². The number of hydrogen-bond acceptors (Lipinski definition) is 4. The number of anilines is 1. The second-order valence-corrected chi connectivity index (χ2v) is 8.34. The summed E-state index contributed by atoms with van der Waals surface area (Å²) in [6.45, 7) is 0. The number of benzene rings is 1. The molecule has 1 atom stereocenters. The summed E-state index contributed by atoms with van der Waals surface area (Å²) in [7, 11) is -3.27. The van der Waals surface area contributed by atoms with Crippen LogP contribution in [-0.2, 0) is 14.6 Å². The lowest BCUT2D eigenvalue weighted by Gasteiger charge is -2.35. The molecule has 0 saturated carbocycles. The molecule has 0 radical (unpaired) electrons. The van der Waals surface area contributed by atoms with E-state index in [1.54, 1.807) is 18.2 Å². The molecule has 8 heteroatoms. The smallest absolute Gasteiger partial charge is 0.244 e. The van der Waals surface area contributed by atoms with Crippen molar-refractivity contribution in [2.75, 3.05) is 16.8 Å². The zero-order chi connectivity index (χ0) is 15.0. The molecule has 1 aliphatic heterocycles. The highest BCUT2D eigenvalue weighted by Gasteiger charge is 2.44. The Bertz CT molecular complexity index is 650. The fourth-order valence-corrected chi connectivity index (χ4v) is 4.65. The molecule has 1 amide bonds. The summed E-state index contributed by atoms with van der Waals surface area (Å²) in [4.78, 5) is 11.8. The minimum atomic E-state index is -3.27. The first-order valence-corrected chi connectivity index (χ1v) is 8.97. The van der Waals surface area contributed by atoms with Crippen molar-refractivity contribution in [1.82, 2.24) is 0 Å². The molecule has 0 aliphatic carbocycles. The van der Waals surface area contributed by atoms with Crippen LogP contribution in [0, 0.1) is 0 Å². The highest BCUT2D eigenvalue weighted by Crippen LogP contribution is 2.31. The number of nitrogens with two attached hydrogens (primary N) is 1. The van der Waals surface area contributed by atoms with E-state index in [9.17, 15) is 13.2 Å². The Balaban J connectivity index is 2.34. The van der Waals surface area contributed by atoms with Crippen molar-refractivity contribution in [1.29, 1.82) is 0 Å². The van der Waals surface area contributed by atoms with E-state index >= 15 is 0 Å². The van der Waals surface area contributed by atoms with Gasteiger partial charge in [-0.05, 0) is 47.0 Å². The van der Waals surface area contributed by atoms with Crippen molar-refractivity contribution >= 4 is 49.0 Å². The summed E-state index contributed by atoms with van der Waals surface area (Å²) in [6, 6.07) is 5.02.